The van der Waals surface area contributed by atoms with Gasteiger partial charge in [-0.25, -0.2) is 9.97 Å². The quantitative estimate of drug-likeness (QED) is 0.166. The van der Waals surface area contributed by atoms with E-state index in [0.717, 1.165) is 17.4 Å². The van der Waals surface area contributed by atoms with Crippen molar-refractivity contribution in [2.24, 2.45) is 5.92 Å². The van der Waals surface area contributed by atoms with Crippen LogP contribution >= 0.6 is 0 Å². The molecule has 3 aromatic heterocycles. The highest BCUT2D eigenvalue weighted by Gasteiger charge is 2.41. The van der Waals surface area contributed by atoms with E-state index in [1.54, 1.807) is 26.5 Å². The Morgan fingerprint density at radius 2 is 1.79 bits per heavy atom. The van der Waals surface area contributed by atoms with Crippen LogP contribution in [0.5, 0.6) is 17.4 Å². The molecule has 5 rings (SSSR count). The molecule has 1 aliphatic rings. The third-order valence-electron chi connectivity index (χ3n) is 7.39. The standard InChI is InChI=1S/C30H37N5O7/c1-5-6-41-25-11-18-10-23(42-24(18)14-31-25)26-16(2)33-30(32-13-17-7-20(39-3)12-21(8-17)40-4)35-29(26)34-22-9-19(15-36)27(37)28(22)38/h7-8,10-12,14,19,22,27-28,36-38H,5-6,9,13,15H2,1-4H3,(H2,32,33,34,35)/t19-,22-,27-,28+/m1/s1. The van der Waals surface area contributed by atoms with Gasteiger partial charge in [-0.1, -0.05) is 6.92 Å². The maximum Gasteiger partial charge on any atom is 0.225 e. The van der Waals surface area contributed by atoms with E-state index in [1.165, 1.54) is 0 Å². The number of hydrogen-bond donors (Lipinski definition) is 5. The molecule has 0 saturated heterocycles. The van der Waals surface area contributed by atoms with Gasteiger partial charge in [0.1, 0.15) is 29.2 Å². The summed E-state index contributed by atoms with van der Waals surface area (Å²) in [6.07, 6.45) is 0.693. The summed E-state index contributed by atoms with van der Waals surface area (Å²) in [4.78, 5) is 13.8. The number of rotatable bonds is 12. The third kappa shape index (κ3) is 6.20. The molecule has 3 heterocycles. The minimum atomic E-state index is -1.09. The number of aromatic nitrogens is 3. The van der Waals surface area contributed by atoms with E-state index in [4.69, 9.17) is 28.6 Å². The molecule has 1 saturated carbocycles. The monoisotopic (exact) mass is 579 g/mol. The molecule has 0 spiro atoms. The first-order chi connectivity index (χ1) is 20.3. The first-order valence-electron chi connectivity index (χ1n) is 13.9. The molecule has 12 heteroatoms. The summed E-state index contributed by atoms with van der Waals surface area (Å²) in [6, 6.07) is 8.72. The number of anilines is 2. The molecule has 42 heavy (non-hydrogen) atoms. The number of aliphatic hydroxyl groups is 3. The lowest BCUT2D eigenvalue weighted by Gasteiger charge is -2.21. The summed E-state index contributed by atoms with van der Waals surface area (Å²) in [5.41, 5.74) is 2.70. The van der Waals surface area contributed by atoms with Gasteiger partial charge in [0.25, 0.3) is 0 Å². The highest BCUT2D eigenvalue weighted by molar-refractivity contribution is 5.86. The van der Waals surface area contributed by atoms with Crippen LogP contribution in [0.2, 0.25) is 0 Å². The van der Waals surface area contributed by atoms with Gasteiger partial charge in [0.05, 0.1) is 50.4 Å². The Balaban J connectivity index is 1.50. The van der Waals surface area contributed by atoms with Gasteiger partial charge in [-0.15, -0.1) is 0 Å². The molecule has 224 valence electrons. The number of aliphatic hydroxyl groups excluding tert-OH is 3. The van der Waals surface area contributed by atoms with Crippen LogP contribution in [0.25, 0.3) is 22.3 Å². The summed E-state index contributed by atoms with van der Waals surface area (Å²) >= 11 is 0. The largest absolute Gasteiger partial charge is 0.497 e. The lowest BCUT2D eigenvalue weighted by atomic mass is 10.1. The Kier molecular flexibility index (Phi) is 8.95. The molecule has 1 aliphatic carbocycles. The number of fused-ring (bicyclic) bond motifs is 1. The van der Waals surface area contributed by atoms with Crippen molar-refractivity contribution in [3.05, 3.63) is 47.8 Å². The minimum Gasteiger partial charge on any atom is -0.497 e. The zero-order chi connectivity index (χ0) is 29.8. The van der Waals surface area contributed by atoms with Crippen LogP contribution in [-0.2, 0) is 6.54 Å². The first-order valence-corrected chi connectivity index (χ1v) is 13.9. The Morgan fingerprint density at radius 1 is 1.02 bits per heavy atom. The Hall–Kier alpha value is -4.13. The van der Waals surface area contributed by atoms with Crippen molar-refractivity contribution in [3.8, 4) is 28.7 Å². The van der Waals surface area contributed by atoms with Crippen molar-refractivity contribution in [1.82, 2.24) is 15.0 Å². The van der Waals surface area contributed by atoms with Crippen molar-refractivity contribution in [2.45, 2.75) is 51.5 Å². The number of ether oxygens (including phenoxy) is 3. The average molecular weight is 580 g/mol. The predicted molar refractivity (Wildman–Crippen MR) is 157 cm³/mol. The molecule has 0 unspecified atom stereocenters. The summed E-state index contributed by atoms with van der Waals surface area (Å²) in [7, 11) is 3.19. The van der Waals surface area contributed by atoms with E-state index in [2.05, 4.69) is 15.6 Å². The number of aryl methyl sites for hydroxylation is 1. The van der Waals surface area contributed by atoms with Crippen LogP contribution in [0.4, 0.5) is 11.8 Å². The van der Waals surface area contributed by atoms with Gasteiger partial charge in [0.2, 0.25) is 11.8 Å². The van der Waals surface area contributed by atoms with Crippen molar-refractivity contribution in [3.63, 3.8) is 0 Å². The summed E-state index contributed by atoms with van der Waals surface area (Å²) < 4.78 is 22.6. The highest BCUT2D eigenvalue weighted by Crippen LogP contribution is 2.37. The molecule has 1 aromatic carbocycles. The van der Waals surface area contributed by atoms with Crippen molar-refractivity contribution in [1.29, 1.82) is 0 Å². The van der Waals surface area contributed by atoms with Crippen LogP contribution in [0.15, 0.2) is 40.9 Å². The second-order valence-corrected chi connectivity index (χ2v) is 10.4. The number of pyridine rings is 1. The van der Waals surface area contributed by atoms with Crippen LogP contribution in [0.3, 0.4) is 0 Å². The molecular formula is C30H37N5O7. The van der Waals surface area contributed by atoms with Crippen molar-refractivity contribution in [2.75, 3.05) is 38.1 Å². The summed E-state index contributed by atoms with van der Waals surface area (Å²) in [5.74, 6) is 2.65. The van der Waals surface area contributed by atoms with Crippen molar-refractivity contribution < 1.29 is 33.9 Å². The second-order valence-electron chi connectivity index (χ2n) is 10.4. The van der Waals surface area contributed by atoms with Crippen LogP contribution in [0, 0.1) is 12.8 Å². The number of hydrogen-bond acceptors (Lipinski definition) is 12. The van der Waals surface area contributed by atoms with E-state index >= 15 is 0 Å². The normalized spacial score (nSPS) is 20.1. The molecule has 0 bridgehead atoms. The zero-order valence-corrected chi connectivity index (χ0v) is 24.1. The van der Waals surface area contributed by atoms with Crippen LogP contribution < -0.4 is 24.8 Å². The molecule has 0 radical (unpaired) electrons. The third-order valence-corrected chi connectivity index (χ3v) is 7.39. The molecule has 4 aromatic rings. The molecule has 1 fully saturated rings. The summed E-state index contributed by atoms with van der Waals surface area (Å²) in [6.45, 7) is 4.59. The van der Waals surface area contributed by atoms with Crippen molar-refractivity contribution >= 4 is 22.7 Å². The fourth-order valence-electron chi connectivity index (χ4n) is 5.16. The van der Waals surface area contributed by atoms with Crippen LogP contribution in [0.1, 0.15) is 31.0 Å². The number of furan rings is 1. The van der Waals surface area contributed by atoms with Crippen LogP contribution in [-0.4, -0.2) is 76.0 Å². The maximum absolute atomic E-state index is 10.7. The summed E-state index contributed by atoms with van der Waals surface area (Å²) in [5, 5.41) is 38.2. The molecule has 12 nitrogen and oxygen atoms in total. The van der Waals surface area contributed by atoms with Gasteiger partial charge in [-0.05, 0) is 43.5 Å². The average Bonchev–Trinajstić information content (AvgIpc) is 3.53. The van der Waals surface area contributed by atoms with Gasteiger partial charge in [-0.2, -0.15) is 4.98 Å². The molecule has 0 aliphatic heterocycles. The van der Waals surface area contributed by atoms with Gasteiger partial charge >= 0.3 is 0 Å². The smallest absolute Gasteiger partial charge is 0.225 e. The maximum atomic E-state index is 10.7. The predicted octanol–water partition coefficient (Wildman–Crippen LogP) is 3.53. The van der Waals surface area contributed by atoms with Gasteiger partial charge in [0, 0.05) is 36.6 Å². The second kappa shape index (κ2) is 12.8. The Bertz CT molecular complexity index is 1510. The zero-order valence-electron chi connectivity index (χ0n) is 24.1. The molecule has 0 amide bonds. The SMILES string of the molecule is CCCOc1cc2cc(-c3c(C)nc(NCc4cc(OC)cc(OC)c4)nc3N[C@@H]3C[C@H](CO)[C@@H](O)[C@H]3O)oc2cn1. The first kappa shape index (κ1) is 29.4. The lowest BCUT2D eigenvalue weighted by molar-refractivity contribution is 0.00446. The lowest BCUT2D eigenvalue weighted by Crippen LogP contribution is -2.35. The molecule has 5 N–H and O–H groups in total. The van der Waals surface area contributed by atoms with Gasteiger partial charge in [0.15, 0.2) is 5.58 Å². The Morgan fingerprint density at radius 3 is 2.45 bits per heavy atom. The molecular weight excluding hydrogens is 542 g/mol. The number of methoxy groups -OCH3 is 2. The fraction of sp³-hybridized carbons (Fsp3) is 0.433. The number of nitrogens with one attached hydrogen (secondary N) is 2. The van der Waals surface area contributed by atoms with Gasteiger partial charge in [-0.3, -0.25) is 0 Å². The minimum absolute atomic E-state index is 0.234. The van der Waals surface area contributed by atoms with E-state index < -0.39 is 24.2 Å². The van der Waals surface area contributed by atoms with E-state index in [9.17, 15) is 15.3 Å². The highest BCUT2D eigenvalue weighted by atomic mass is 16.5. The van der Waals surface area contributed by atoms with E-state index in [1.807, 2.05) is 38.1 Å². The number of nitrogens with zero attached hydrogens (tertiary/aromatic N) is 3. The van der Waals surface area contributed by atoms with E-state index in [-0.39, 0.29) is 6.61 Å². The van der Waals surface area contributed by atoms with Gasteiger partial charge < -0.3 is 44.6 Å². The number of benzene rings is 1. The molecule has 4 atom stereocenters. The Labute approximate surface area is 243 Å². The van der Waals surface area contributed by atoms with E-state index in [0.29, 0.717) is 71.3 Å². The fourth-order valence-corrected chi connectivity index (χ4v) is 5.16. The topological polar surface area (TPSA) is 164 Å².